The Morgan fingerprint density at radius 2 is 2.00 bits per heavy atom. The van der Waals surface area contributed by atoms with Crippen molar-refractivity contribution in [3.63, 3.8) is 0 Å². The molecule has 6 nitrogen and oxygen atoms in total. The van der Waals surface area contributed by atoms with Gasteiger partial charge >= 0.3 is 0 Å². The van der Waals surface area contributed by atoms with Gasteiger partial charge < -0.3 is 10.5 Å². The molecule has 1 aliphatic carbocycles. The minimum atomic E-state index is 0.359. The molecular formula is C15H21N5O. The number of hydrogen-bond donors (Lipinski definition) is 1. The van der Waals surface area contributed by atoms with E-state index in [2.05, 4.69) is 22.4 Å². The SMILES string of the molecule is COc1ccc(N)cc1-c1nnnn1C1CCC(C)CC1. The van der Waals surface area contributed by atoms with Gasteiger partial charge in [-0.25, -0.2) is 4.68 Å². The van der Waals surface area contributed by atoms with E-state index in [0.29, 0.717) is 11.7 Å². The molecule has 0 atom stereocenters. The molecule has 1 aromatic carbocycles. The molecule has 0 saturated heterocycles. The van der Waals surface area contributed by atoms with Crippen LogP contribution in [-0.4, -0.2) is 27.3 Å². The monoisotopic (exact) mass is 287 g/mol. The van der Waals surface area contributed by atoms with E-state index in [1.54, 1.807) is 7.11 Å². The van der Waals surface area contributed by atoms with Crippen molar-refractivity contribution in [1.29, 1.82) is 0 Å². The predicted octanol–water partition coefficient (Wildman–Crippen LogP) is 2.68. The topological polar surface area (TPSA) is 78.8 Å². The highest BCUT2D eigenvalue weighted by atomic mass is 16.5. The summed E-state index contributed by atoms with van der Waals surface area (Å²) in [5, 5.41) is 12.3. The van der Waals surface area contributed by atoms with Gasteiger partial charge in [0, 0.05) is 5.69 Å². The summed E-state index contributed by atoms with van der Waals surface area (Å²) >= 11 is 0. The maximum atomic E-state index is 5.90. The van der Waals surface area contributed by atoms with Crippen LogP contribution in [-0.2, 0) is 0 Å². The van der Waals surface area contributed by atoms with Gasteiger partial charge in [-0.15, -0.1) is 5.10 Å². The molecule has 0 bridgehead atoms. The Bertz CT molecular complexity index is 616. The lowest BCUT2D eigenvalue weighted by Crippen LogP contribution is -2.19. The third kappa shape index (κ3) is 2.70. The lowest BCUT2D eigenvalue weighted by Gasteiger charge is -2.26. The van der Waals surface area contributed by atoms with Crippen LogP contribution in [0.3, 0.4) is 0 Å². The summed E-state index contributed by atoms with van der Waals surface area (Å²) in [5.41, 5.74) is 7.43. The molecule has 1 aliphatic rings. The summed E-state index contributed by atoms with van der Waals surface area (Å²) in [6, 6.07) is 5.90. The highest BCUT2D eigenvalue weighted by Crippen LogP contribution is 2.36. The third-order valence-corrected chi connectivity index (χ3v) is 4.29. The van der Waals surface area contributed by atoms with Crippen LogP contribution in [0, 0.1) is 5.92 Å². The number of methoxy groups -OCH3 is 1. The Hall–Kier alpha value is -2.11. The quantitative estimate of drug-likeness (QED) is 0.878. The molecule has 1 fully saturated rings. The maximum Gasteiger partial charge on any atom is 0.186 e. The smallest absolute Gasteiger partial charge is 0.186 e. The van der Waals surface area contributed by atoms with Crippen LogP contribution in [0.5, 0.6) is 5.75 Å². The minimum absolute atomic E-state index is 0.359. The maximum absolute atomic E-state index is 5.90. The van der Waals surface area contributed by atoms with E-state index in [-0.39, 0.29) is 0 Å². The van der Waals surface area contributed by atoms with Gasteiger partial charge in [-0.2, -0.15) is 0 Å². The highest BCUT2D eigenvalue weighted by molar-refractivity contribution is 5.68. The Balaban J connectivity index is 1.97. The Morgan fingerprint density at radius 1 is 1.24 bits per heavy atom. The molecule has 1 heterocycles. The number of ether oxygens (including phenoxy) is 1. The molecule has 0 amide bonds. The van der Waals surface area contributed by atoms with Crippen LogP contribution in [0.2, 0.25) is 0 Å². The number of nitrogens with two attached hydrogens (primary N) is 1. The van der Waals surface area contributed by atoms with Gasteiger partial charge in [-0.1, -0.05) is 6.92 Å². The lowest BCUT2D eigenvalue weighted by molar-refractivity contribution is 0.272. The van der Waals surface area contributed by atoms with Gasteiger partial charge in [0.05, 0.1) is 18.7 Å². The molecule has 21 heavy (non-hydrogen) atoms. The van der Waals surface area contributed by atoms with Crippen LogP contribution in [0.15, 0.2) is 18.2 Å². The van der Waals surface area contributed by atoms with E-state index in [9.17, 15) is 0 Å². The van der Waals surface area contributed by atoms with Crippen LogP contribution >= 0.6 is 0 Å². The summed E-state index contributed by atoms with van der Waals surface area (Å²) in [6.07, 6.45) is 4.67. The molecule has 2 aromatic rings. The van der Waals surface area contributed by atoms with Gasteiger partial charge in [-0.05, 0) is 60.2 Å². The van der Waals surface area contributed by atoms with Gasteiger partial charge in [0.15, 0.2) is 5.82 Å². The number of hydrogen-bond acceptors (Lipinski definition) is 5. The number of anilines is 1. The number of tetrazole rings is 1. The number of benzene rings is 1. The fraction of sp³-hybridized carbons (Fsp3) is 0.533. The molecule has 112 valence electrons. The normalized spacial score (nSPS) is 22.2. The first-order chi connectivity index (χ1) is 10.2. The molecule has 0 spiro atoms. The van der Waals surface area contributed by atoms with Crippen LogP contribution in [0.25, 0.3) is 11.4 Å². The Labute approximate surface area is 124 Å². The van der Waals surface area contributed by atoms with E-state index in [1.807, 2.05) is 22.9 Å². The third-order valence-electron chi connectivity index (χ3n) is 4.29. The summed E-state index contributed by atoms with van der Waals surface area (Å²) in [4.78, 5) is 0. The van der Waals surface area contributed by atoms with Gasteiger partial charge in [0.1, 0.15) is 5.75 Å². The van der Waals surface area contributed by atoms with Gasteiger partial charge in [-0.3, -0.25) is 0 Å². The van der Waals surface area contributed by atoms with E-state index >= 15 is 0 Å². The fourth-order valence-electron chi connectivity index (χ4n) is 3.00. The lowest BCUT2D eigenvalue weighted by atomic mass is 9.87. The number of nitrogens with zero attached hydrogens (tertiary/aromatic N) is 4. The first-order valence-electron chi connectivity index (χ1n) is 7.40. The van der Waals surface area contributed by atoms with E-state index in [1.165, 1.54) is 12.8 Å². The first kappa shape index (κ1) is 13.9. The summed E-state index contributed by atoms with van der Waals surface area (Å²) < 4.78 is 7.35. The molecule has 6 heteroatoms. The first-order valence-corrected chi connectivity index (χ1v) is 7.40. The number of aromatic nitrogens is 4. The molecular weight excluding hydrogens is 266 g/mol. The van der Waals surface area contributed by atoms with Crippen molar-refractivity contribution >= 4 is 5.69 Å². The average Bonchev–Trinajstić information content (AvgIpc) is 2.97. The van der Waals surface area contributed by atoms with Crippen molar-refractivity contribution in [2.75, 3.05) is 12.8 Å². The van der Waals surface area contributed by atoms with Crippen molar-refractivity contribution in [3.05, 3.63) is 18.2 Å². The Kier molecular flexibility index (Phi) is 3.77. The zero-order chi connectivity index (χ0) is 14.8. The van der Waals surface area contributed by atoms with Crippen molar-refractivity contribution in [1.82, 2.24) is 20.2 Å². The average molecular weight is 287 g/mol. The molecule has 1 saturated carbocycles. The summed E-state index contributed by atoms with van der Waals surface area (Å²) in [5.74, 6) is 2.27. The highest BCUT2D eigenvalue weighted by Gasteiger charge is 2.25. The molecule has 0 aliphatic heterocycles. The summed E-state index contributed by atoms with van der Waals surface area (Å²) in [6.45, 7) is 2.30. The molecule has 2 N–H and O–H groups in total. The summed E-state index contributed by atoms with van der Waals surface area (Å²) in [7, 11) is 1.64. The Morgan fingerprint density at radius 3 is 2.71 bits per heavy atom. The van der Waals surface area contributed by atoms with Gasteiger partial charge in [0.25, 0.3) is 0 Å². The van der Waals surface area contributed by atoms with E-state index in [0.717, 1.165) is 35.9 Å². The minimum Gasteiger partial charge on any atom is -0.496 e. The van der Waals surface area contributed by atoms with Gasteiger partial charge in [0.2, 0.25) is 0 Å². The van der Waals surface area contributed by atoms with Crippen LogP contribution in [0.4, 0.5) is 5.69 Å². The fourth-order valence-corrected chi connectivity index (χ4v) is 3.00. The van der Waals surface area contributed by atoms with Crippen molar-refractivity contribution < 1.29 is 4.74 Å². The molecule has 3 rings (SSSR count). The van der Waals surface area contributed by atoms with Crippen LogP contribution < -0.4 is 10.5 Å². The second-order valence-electron chi connectivity index (χ2n) is 5.82. The zero-order valence-corrected chi connectivity index (χ0v) is 12.5. The molecule has 0 radical (unpaired) electrons. The molecule has 1 aromatic heterocycles. The number of rotatable bonds is 3. The second-order valence-corrected chi connectivity index (χ2v) is 5.82. The van der Waals surface area contributed by atoms with Crippen molar-refractivity contribution in [3.8, 4) is 17.1 Å². The largest absolute Gasteiger partial charge is 0.496 e. The number of nitrogen functional groups attached to an aromatic ring is 1. The second kappa shape index (κ2) is 5.71. The van der Waals surface area contributed by atoms with Crippen LogP contribution in [0.1, 0.15) is 38.6 Å². The van der Waals surface area contributed by atoms with E-state index < -0.39 is 0 Å². The van der Waals surface area contributed by atoms with E-state index in [4.69, 9.17) is 10.5 Å². The standard InChI is InChI=1S/C15H21N5O/c1-10-3-6-12(7-4-10)20-15(17-18-19-20)13-9-11(16)5-8-14(13)21-2/h5,8-10,12H,3-4,6-7,16H2,1-2H3. The molecule has 0 unspecified atom stereocenters. The van der Waals surface area contributed by atoms with Crippen molar-refractivity contribution in [2.45, 2.75) is 38.6 Å². The zero-order valence-electron chi connectivity index (χ0n) is 12.5. The predicted molar refractivity (Wildman–Crippen MR) is 80.9 cm³/mol. The van der Waals surface area contributed by atoms with Crippen molar-refractivity contribution in [2.24, 2.45) is 5.92 Å².